The number of carbonyl (C=O) groups is 3. The monoisotopic (exact) mass is 414 g/mol. The maximum atomic E-state index is 12.5. The number of carbonyl (C=O) groups excluding carboxylic acids is 3. The molecule has 1 aromatic rings. The van der Waals surface area contributed by atoms with E-state index in [4.69, 9.17) is 0 Å². The van der Waals surface area contributed by atoms with Crippen LogP contribution in [0, 0.1) is 17.3 Å². The maximum Gasteiger partial charge on any atom is 0.159 e. The number of Topliss-reactive ketones (excluding diaryl/α,β-unsaturated/α-hetero) is 2. The van der Waals surface area contributed by atoms with Gasteiger partial charge in [0.25, 0.3) is 0 Å². The Labute approximate surface area is 184 Å². The lowest BCUT2D eigenvalue weighted by atomic mass is 9.52. The van der Waals surface area contributed by atoms with Crippen LogP contribution in [0.5, 0.6) is 0 Å². The highest BCUT2D eigenvalue weighted by Crippen LogP contribution is 2.64. The van der Waals surface area contributed by atoms with Gasteiger partial charge in [-0.3, -0.25) is 14.4 Å². The first kappa shape index (κ1) is 20.4. The fourth-order valence-electron chi connectivity index (χ4n) is 7.03. The Morgan fingerprint density at radius 3 is 2.42 bits per heavy atom. The third-order valence-electron chi connectivity index (χ3n) is 8.41. The zero-order chi connectivity index (χ0) is 21.9. The van der Waals surface area contributed by atoms with E-state index in [9.17, 15) is 14.4 Å². The van der Waals surface area contributed by atoms with Crippen LogP contribution in [0.2, 0.25) is 0 Å². The van der Waals surface area contributed by atoms with E-state index in [0.717, 1.165) is 43.2 Å². The first-order valence-electron chi connectivity index (χ1n) is 11.6. The highest BCUT2D eigenvalue weighted by atomic mass is 16.1. The van der Waals surface area contributed by atoms with Crippen molar-refractivity contribution in [2.45, 2.75) is 65.2 Å². The minimum Gasteiger partial charge on any atom is -0.295 e. The zero-order valence-corrected chi connectivity index (χ0v) is 18.7. The molecule has 0 spiro atoms. The Bertz CT molecular complexity index is 1080. The van der Waals surface area contributed by atoms with Gasteiger partial charge in [0.1, 0.15) is 0 Å². The first-order valence-corrected chi connectivity index (χ1v) is 11.6. The van der Waals surface area contributed by atoms with Crippen LogP contribution in [0.15, 0.2) is 58.7 Å². The molecule has 0 radical (unpaired) electrons. The minimum atomic E-state index is -0.115. The lowest BCUT2D eigenvalue weighted by Gasteiger charge is -2.52. The Hall–Kier alpha value is -2.55. The van der Waals surface area contributed by atoms with E-state index in [1.54, 1.807) is 13.8 Å². The summed E-state index contributed by atoms with van der Waals surface area (Å²) in [5.41, 5.74) is 7.02. The first-order chi connectivity index (χ1) is 14.8. The van der Waals surface area contributed by atoms with E-state index in [1.165, 1.54) is 22.3 Å². The van der Waals surface area contributed by atoms with E-state index in [-0.39, 0.29) is 28.7 Å². The molecule has 4 aliphatic carbocycles. The molecule has 3 heteroatoms. The molecule has 0 amide bonds. The number of hydrogen-bond donors (Lipinski definition) is 0. The summed E-state index contributed by atoms with van der Waals surface area (Å²) in [6, 6.07) is 8.08. The maximum absolute atomic E-state index is 12.5. The summed E-state index contributed by atoms with van der Waals surface area (Å²) in [5.74, 6) is 1.66. The predicted octanol–water partition coefficient (Wildman–Crippen LogP) is 5.91. The Balaban J connectivity index is 1.66. The van der Waals surface area contributed by atoms with E-state index in [0.29, 0.717) is 18.3 Å². The van der Waals surface area contributed by atoms with E-state index < -0.39 is 0 Å². The summed E-state index contributed by atoms with van der Waals surface area (Å²) in [7, 11) is 0. The molecule has 0 heterocycles. The molecule has 160 valence electrons. The second-order valence-corrected chi connectivity index (χ2v) is 10.1. The highest BCUT2D eigenvalue weighted by molar-refractivity contribution is 5.96. The van der Waals surface area contributed by atoms with Crippen LogP contribution in [-0.2, 0) is 9.59 Å². The summed E-state index contributed by atoms with van der Waals surface area (Å²) >= 11 is 0. The summed E-state index contributed by atoms with van der Waals surface area (Å²) < 4.78 is 0. The topological polar surface area (TPSA) is 51.2 Å². The van der Waals surface area contributed by atoms with Crippen LogP contribution in [-0.4, -0.2) is 17.3 Å². The second kappa shape index (κ2) is 7.25. The Morgan fingerprint density at radius 1 is 1.00 bits per heavy atom. The number of benzene rings is 1. The van der Waals surface area contributed by atoms with Crippen molar-refractivity contribution in [2.75, 3.05) is 0 Å². The lowest BCUT2D eigenvalue weighted by Crippen LogP contribution is -2.43. The van der Waals surface area contributed by atoms with Crippen molar-refractivity contribution in [3.63, 3.8) is 0 Å². The molecule has 31 heavy (non-hydrogen) atoms. The van der Waals surface area contributed by atoms with Gasteiger partial charge in [0.05, 0.1) is 0 Å². The molecule has 3 nitrogen and oxygen atoms in total. The smallest absolute Gasteiger partial charge is 0.159 e. The quantitative estimate of drug-likeness (QED) is 0.577. The fraction of sp³-hybridized carbons (Fsp3) is 0.464. The number of hydrogen-bond acceptors (Lipinski definition) is 3. The van der Waals surface area contributed by atoms with Gasteiger partial charge in [-0.2, -0.15) is 0 Å². The Kier molecular flexibility index (Phi) is 4.76. The summed E-state index contributed by atoms with van der Waals surface area (Å²) in [6.45, 7) is 5.60. The van der Waals surface area contributed by atoms with E-state index in [1.807, 2.05) is 18.2 Å². The van der Waals surface area contributed by atoms with Crippen molar-refractivity contribution in [3.05, 3.63) is 69.8 Å². The molecule has 0 N–H and O–H groups in total. The molecular formula is C28H30O3. The van der Waals surface area contributed by atoms with E-state index >= 15 is 0 Å². The third kappa shape index (κ3) is 3.12. The van der Waals surface area contributed by atoms with Crippen LogP contribution in [0.1, 0.15) is 81.1 Å². The zero-order valence-electron chi connectivity index (χ0n) is 18.7. The van der Waals surface area contributed by atoms with Gasteiger partial charge in [-0.15, -0.1) is 0 Å². The highest BCUT2D eigenvalue weighted by Gasteiger charge is 2.54. The van der Waals surface area contributed by atoms with Crippen molar-refractivity contribution < 1.29 is 14.4 Å². The molecule has 1 aromatic carbocycles. The van der Waals surface area contributed by atoms with Gasteiger partial charge < -0.3 is 0 Å². The normalized spacial score (nSPS) is 32.0. The molecule has 0 aromatic heterocycles. The molecule has 0 aliphatic heterocycles. The predicted molar refractivity (Wildman–Crippen MR) is 121 cm³/mol. The van der Waals surface area contributed by atoms with Crippen molar-refractivity contribution >= 4 is 17.3 Å². The van der Waals surface area contributed by atoms with Crippen LogP contribution in [0.3, 0.4) is 0 Å². The SMILES string of the molecule is CC(=O)C1=CC[C@H]2[C@@H]3CCC4=CC(=O)CCC4=C3[C@@H](c3ccc(C(C)=O)cc3)C[C@]12C. The molecule has 5 rings (SSSR count). The molecule has 0 bridgehead atoms. The van der Waals surface area contributed by atoms with Crippen LogP contribution >= 0.6 is 0 Å². The summed E-state index contributed by atoms with van der Waals surface area (Å²) in [4.78, 5) is 36.4. The van der Waals surface area contributed by atoms with Crippen molar-refractivity contribution in [1.29, 1.82) is 0 Å². The molecule has 4 atom stereocenters. The van der Waals surface area contributed by atoms with Crippen LogP contribution in [0.4, 0.5) is 0 Å². The van der Waals surface area contributed by atoms with Gasteiger partial charge in [-0.25, -0.2) is 0 Å². The fourth-order valence-corrected chi connectivity index (χ4v) is 7.03. The van der Waals surface area contributed by atoms with Gasteiger partial charge in [0.2, 0.25) is 0 Å². The molecule has 1 saturated carbocycles. The van der Waals surface area contributed by atoms with Gasteiger partial charge >= 0.3 is 0 Å². The Morgan fingerprint density at radius 2 is 1.74 bits per heavy atom. The van der Waals surface area contributed by atoms with Gasteiger partial charge in [0, 0.05) is 23.3 Å². The molecule has 0 saturated heterocycles. The summed E-state index contributed by atoms with van der Waals surface area (Å²) in [5, 5.41) is 0. The second-order valence-electron chi connectivity index (χ2n) is 10.1. The van der Waals surface area contributed by atoms with Crippen LogP contribution < -0.4 is 0 Å². The molecule has 4 aliphatic rings. The largest absolute Gasteiger partial charge is 0.295 e. The molecular weight excluding hydrogens is 384 g/mol. The van der Waals surface area contributed by atoms with Crippen molar-refractivity contribution in [2.24, 2.45) is 17.3 Å². The standard InChI is InChI=1S/C28H30O3/c1-16(29)18-4-6-19(7-5-18)24-15-28(3)25(17(2)30)12-13-26(28)23-10-8-20-14-21(31)9-11-22(20)27(23)24/h4-7,12,14,23-24,26H,8-11,13,15H2,1-3H3/t23-,24+,26-,28+/m0/s1. The number of fused-ring (bicyclic) bond motifs is 4. The minimum absolute atomic E-state index is 0.0772. The average Bonchev–Trinajstić information content (AvgIpc) is 3.10. The van der Waals surface area contributed by atoms with Gasteiger partial charge in [-0.05, 0) is 86.1 Å². The molecule has 1 fully saturated rings. The number of rotatable bonds is 3. The lowest BCUT2D eigenvalue weighted by molar-refractivity contribution is -0.116. The van der Waals surface area contributed by atoms with Crippen molar-refractivity contribution in [1.82, 2.24) is 0 Å². The number of ketones is 3. The number of allylic oxidation sites excluding steroid dienone is 6. The molecule has 0 unspecified atom stereocenters. The van der Waals surface area contributed by atoms with E-state index in [2.05, 4.69) is 25.1 Å². The van der Waals surface area contributed by atoms with Gasteiger partial charge in [-0.1, -0.05) is 42.8 Å². The van der Waals surface area contributed by atoms with Gasteiger partial charge in [0.15, 0.2) is 17.3 Å². The van der Waals surface area contributed by atoms with Crippen molar-refractivity contribution in [3.8, 4) is 0 Å². The average molecular weight is 415 g/mol. The third-order valence-corrected chi connectivity index (χ3v) is 8.41. The van der Waals surface area contributed by atoms with Crippen LogP contribution in [0.25, 0.3) is 0 Å². The summed E-state index contributed by atoms with van der Waals surface area (Å²) in [6.07, 6.45) is 9.44.